The van der Waals surface area contributed by atoms with Crippen molar-refractivity contribution in [2.24, 2.45) is 0 Å². The predicted octanol–water partition coefficient (Wildman–Crippen LogP) is 8.03. The summed E-state index contributed by atoms with van der Waals surface area (Å²) in [5.41, 5.74) is 0.214. The molecule has 0 N–H and O–H groups in total. The Morgan fingerprint density at radius 3 is 1.93 bits per heavy atom. The van der Waals surface area contributed by atoms with E-state index in [-0.39, 0.29) is 24.0 Å². The number of halogens is 7. The van der Waals surface area contributed by atoms with E-state index in [1.807, 2.05) is 60.7 Å². The maximum absolute atomic E-state index is 13.7. The molecule has 0 bridgehead atoms. The summed E-state index contributed by atoms with van der Waals surface area (Å²) in [6, 6.07) is 19.6. The number of hydrogen-bond donors (Lipinski definition) is 0. The van der Waals surface area contributed by atoms with Crippen LogP contribution in [0.25, 0.3) is 5.57 Å². The van der Waals surface area contributed by atoms with Gasteiger partial charge in [-0.1, -0.05) is 60.7 Å². The number of likely N-dealkylation sites (N-methyl/N-ethyl adjacent to an activating group) is 1. The number of carbonyl (C=O) groups is 1. The third kappa shape index (κ3) is 7.26. The lowest BCUT2D eigenvalue weighted by Gasteiger charge is -2.34. The van der Waals surface area contributed by atoms with E-state index in [4.69, 9.17) is 0 Å². The molecule has 0 fully saturated rings. The van der Waals surface area contributed by atoms with Crippen LogP contribution in [0, 0.1) is 0 Å². The van der Waals surface area contributed by atoms with Gasteiger partial charge in [-0.15, -0.1) is 12.4 Å². The molecular formula is C30H29ClF6N2O. The van der Waals surface area contributed by atoms with Crippen LogP contribution < -0.4 is 0 Å². The van der Waals surface area contributed by atoms with Crippen molar-refractivity contribution in [3.05, 3.63) is 112 Å². The molecule has 10 heteroatoms. The van der Waals surface area contributed by atoms with E-state index in [0.29, 0.717) is 43.8 Å². The number of benzene rings is 3. The van der Waals surface area contributed by atoms with Crippen molar-refractivity contribution in [3.8, 4) is 0 Å². The van der Waals surface area contributed by atoms with Gasteiger partial charge in [0.15, 0.2) is 0 Å². The summed E-state index contributed by atoms with van der Waals surface area (Å²) in [6.45, 7) is 3.16. The fraction of sp³-hybridized carbons (Fsp3) is 0.300. The summed E-state index contributed by atoms with van der Waals surface area (Å²) in [5, 5.41) is 0. The summed E-state index contributed by atoms with van der Waals surface area (Å²) in [7, 11) is 1.41. The van der Waals surface area contributed by atoms with Crippen molar-refractivity contribution in [1.29, 1.82) is 0 Å². The molecule has 0 aliphatic carbocycles. The zero-order valence-corrected chi connectivity index (χ0v) is 22.7. The Balaban J connectivity index is 0.00000441. The molecule has 1 aliphatic rings. The highest BCUT2D eigenvalue weighted by molar-refractivity contribution is 6.02. The lowest BCUT2D eigenvalue weighted by Crippen LogP contribution is -2.37. The van der Waals surface area contributed by atoms with Crippen LogP contribution >= 0.6 is 12.4 Å². The van der Waals surface area contributed by atoms with Crippen LogP contribution in [-0.4, -0.2) is 35.8 Å². The third-order valence-electron chi connectivity index (χ3n) is 7.05. The zero-order valence-electron chi connectivity index (χ0n) is 21.9. The molecule has 0 saturated heterocycles. The van der Waals surface area contributed by atoms with Gasteiger partial charge in [0.1, 0.15) is 0 Å². The maximum Gasteiger partial charge on any atom is 0.416 e. The fourth-order valence-corrected chi connectivity index (χ4v) is 4.77. The van der Waals surface area contributed by atoms with Gasteiger partial charge in [0.2, 0.25) is 5.91 Å². The maximum atomic E-state index is 13.7. The molecule has 1 atom stereocenters. The minimum absolute atomic E-state index is 0. The summed E-state index contributed by atoms with van der Waals surface area (Å²) in [4.78, 5) is 17.2. The minimum atomic E-state index is -4.97. The molecule has 0 radical (unpaired) electrons. The van der Waals surface area contributed by atoms with Crippen molar-refractivity contribution >= 4 is 23.9 Å². The summed E-state index contributed by atoms with van der Waals surface area (Å²) >= 11 is 0. The Kier molecular flexibility index (Phi) is 9.74. The Hall–Kier alpha value is -3.30. The topological polar surface area (TPSA) is 23.6 Å². The van der Waals surface area contributed by atoms with Crippen LogP contribution in [0.5, 0.6) is 0 Å². The lowest BCUT2D eigenvalue weighted by atomic mass is 9.92. The molecule has 3 nitrogen and oxygen atoms in total. The summed E-state index contributed by atoms with van der Waals surface area (Å²) in [6.07, 6.45) is -9.54. The average molecular weight is 583 g/mol. The first kappa shape index (κ1) is 31.2. The van der Waals surface area contributed by atoms with Gasteiger partial charge in [0.05, 0.1) is 17.2 Å². The predicted molar refractivity (Wildman–Crippen MR) is 145 cm³/mol. The van der Waals surface area contributed by atoms with Crippen LogP contribution in [0.4, 0.5) is 26.3 Å². The SMILES string of the molecule is C[C@@H](c1cc(C(F)(F)F)cc(C(F)(F)F)c1)N(C)C(=O)C1=C(c2ccccc2)CN(Cc2ccccc2)CC1.Cl. The fourth-order valence-electron chi connectivity index (χ4n) is 4.77. The van der Waals surface area contributed by atoms with E-state index < -0.39 is 35.4 Å². The second kappa shape index (κ2) is 12.5. The molecule has 40 heavy (non-hydrogen) atoms. The van der Waals surface area contributed by atoms with Gasteiger partial charge in [-0.3, -0.25) is 9.69 Å². The number of carbonyl (C=O) groups excluding carboxylic acids is 1. The van der Waals surface area contributed by atoms with Crippen LogP contribution in [0.3, 0.4) is 0 Å². The largest absolute Gasteiger partial charge is 0.416 e. The lowest BCUT2D eigenvalue weighted by molar-refractivity contribution is -0.143. The molecule has 0 spiro atoms. The Bertz CT molecular complexity index is 1310. The standard InChI is InChI=1S/C30H28F6N2O.ClH/c1-20(23-15-24(29(31,32)33)17-25(16-23)30(34,35)36)37(2)28(39)26-13-14-38(18-21-9-5-3-6-10-21)19-27(26)22-11-7-4-8-12-22;/h3-12,15-17,20H,13-14,18-19H2,1-2H3;1H/t20-;/m0./s1. The second-order valence-corrected chi connectivity index (χ2v) is 9.70. The van der Waals surface area contributed by atoms with E-state index >= 15 is 0 Å². The summed E-state index contributed by atoms with van der Waals surface area (Å²) in [5.74, 6) is -0.424. The van der Waals surface area contributed by atoms with E-state index in [9.17, 15) is 31.1 Å². The van der Waals surface area contributed by atoms with Crippen LogP contribution in [0.1, 0.15) is 47.2 Å². The molecule has 4 rings (SSSR count). The summed E-state index contributed by atoms with van der Waals surface area (Å²) < 4.78 is 80.5. The van der Waals surface area contributed by atoms with Gasteiger partial charge in [-0.05, 0) is 53.8 Å². The van der Waals surface area contributed by atoms with Gasteiger partial charge in [-0.25, -0.2) is 0 Å². The van der Waals surface area contributed by atoms with Crippen molar-refractivity contribution in [1.82, 2.24) is 9.80 Å². The number of alkyl halides is 6. The molecule has 214 valence electrons. The highest BCUT2D eigenvalue weighted by atomic mass is 35.5. The van der Waals surface area contributed by atoms with E-state index in [0.717, 1.165) is 16.7 Å². The Morgan fingerprint density at radius 1 is 0.875 bits per heavy atom. The first-order valence-corrected chi connectivity index (χ1v) is 12.4. The zero-order chi connectivity index (χ0) is 28.4. The highest BCUT2D eigenvalue weighted by Crippen LogP contribution is 2.39. The molecule has 1 heterocycles. The van der Waals surface area contributed by atoms with Crippen molar-refractivity contribution in [2.45, 2.75) is 38.3 Å². The molecule has 1 aliphatic heterocycles. The number of nitrogens with zero attached hydrogens (tertiary/aromatic N) is 2. The van der Waals surface area contributed by atoms with E-state index in [1.165, 1.54) is 18.9 Å². The molecule has 0 saturated carbocycles. The first-order chi connectivity index (χ1) is 18.3. The monoisotopic (exact) mass is 582 g/mol. The molecule has 3 aromatic rings. The van der Waals surface area contributed by atoms with Gasteiger partial charge >= 0.3 is 12.4 Å². The molecule has 3 aromatic carbocycles. The smallest absolute Gasteiger partial charge is 0.335 e. The van der Waals surface area contributed by atoms with Crippen molar-refractivity contribution in [3.63, 3.8) is 0 Å². The normalized spacial score (nSPS) is 15.4. The van der Waals surface area contributed by atoms with Crippen LogP contribution in [0.15, 0.2) is 84.4 Å². The van der Waals surface area contributed by atoms with Gasteiger partial charge < -0.3 is 4.90 Å². The van der Waals surface area contributed by atoms with Gasteiger partial charge in [-0.2, -0.15) is 26.3 Å². The molecular weight excluding hydrogens is 554 g/mol. The quantitative estimate of drug-likeness (QED) is 0.275. The van der Waals surface area contributed by atoms with E-state index in [1.54, 1.807) is 0 Å². The van der Waals surface area contributed by atoms with E-state index in [2.05, 4.69) is 4.90 Å². The van der Waals surface area contributed by atoms with Crippen LogP contribution in [0.2, 0.25) is 0 Å². The first-order valence-electron chi connectivity index (χ1n) is 12.4. The minimum Gasteiger partial charge on any atom is -0.335 e. The molecule has 0 aromatic heterocycles. The average Bonchev–Trinajstić information content (AvgIpc) is 2.91. The molecule has 0 unspecified atom stereocenters. The van der Waals surface area contributed by atoms with Gasteiger partial charge in [0.25, 0.3) is 0 Å². The van der Waals surface area contributed by atoms with Crippen LogP contribution in [-0.2, 0) is 23.7 Å². The van der Waals surface area contributed by atoms with Crippen molar-refractivity contribution in [2.75, 3.05) is 20.1 Å². The molecule has 1 amide bonds. The number of rotatable bonds is 6. The third-order valence-corrected chi connectivity index (χ3v) is 7.05. The highest BCUT2D eigenvalue weighted by Gasteiger charge is 2.38. The number of hydrogen-bond acceptors (Lipinski definition) is 2. The van der Waals surface area contributed by atoms with Crippen molar-refractivity contribution < 1.29 is 31.1 Å². The number of amides is 1. The Labute approximate surface area is 235 Å². The second-order valence-electron chi connectivity index (χ2n) is 9.70. The van der Waals surface area contributed by atoms with Gasteiger partial charge in [0, 0.05) is 32.3 Å². The Morgan fingerprint density at radius 2 is 1.40 bits per heavy atom.